The van der Waals surface area contributed by atoms with Crippen LogP contribution in [0.5, 0.6) is 17.2 Å². The van der Waals surface area contributed by atoms with Gasteiger partial charge in [-0.2, -0.15) is 5.10 Å². The fourth-order valence-corrected chi connectivity index (χ4v) is 3.12. The van der Waals surface area contributed by atoms with Gasteiger partial charge in [-0.3, -0.25) is 9.59 Å². The summed E-state index contributed by atoms with van der Waals surface area (Å²) in [5, 5.41) is 6.54. The smallest absolute Gasteiger partial charge is 0.343 e. The maximum absolute atomic E-state index is 12.5. The molecule has 0 aliphatic rings. The summed E-state index contributed by atoms with van der Waals surface area (Å²) in [7, 11) is 2.98. The first-order chi connectivity index (χ1) is 17.2. The number of hydrazone groups is 1. The second-order valence-electron chi connectivity index (χ2n) is 7.87. The van der Waals surface area contributed by atoms with E-state index in [1.807, 2.05) is 19.9 Å². The first-order valence-electron chi connectivity index (χ1n) is 11.0. The summed E-state index contributed by atoms with van der Waals surface area (Å²) in [6, 6.07) is 16.7. The number of nitrogens with zero attached hydrogens (tertiary/aromatic N) is 1. The first-order valence-corrected chi connectivity index (χ1v) is 11.0. The second kappa shape index (κ2) is 11.7. The average Bonchev–Trinajstić information content (AvgIpc) is 2.89. The molecule has 3 rings (SSSR count). The van der Waals surface area contributed by atoms with Gasteiger partial charge in [0.2, 0.25) is 0 Å². The van der Waals surface area contributed by atoms with E-state index in [-0.39, 0.29) is 5.75 Å². The van der Waals surface area contributed by atoms with Crippen molar-refractivity contribution < 1.29 is 28.6 Å². The Morgan fingerprint density at radius 2 is 1.44 bits per heavy atom. The highest BCUT2D eigenvalue weighted by atomic mass is 16.6. The zero-order chi connectivity index (χ0) is 26.2. The molecule has 2 N–H and O–H groups in total. The Balaban J connectivity index is 1.65. The molecule has 0 spiro atoms. The Morgan fingerprint density at radius 3 is 2.08 bits per heavy atom. The number of aryl methyl sites for hydroxylation is 2. The standard InChI is InChI=1S/C27H27N3O6/c1-16-6-10-21(14-17(16)2)28-25(31)26(32)30-29-18(3)20-9-13-23(24(15-20)35-5)36-27(33)19-7-11-22(34-4)12-8-19/h6-15H,1-5H3,(H,28,31)(H,30,32)/b29-18+. The molecular weight excluding hydrogens is 462 g/mol. The number of rotatable bonds is 7. The molecule has 3 aromatic carbocycles. The topological polar surface area (TPSA) is 115 Å². The number of hydrogen-bond donors (Lipinski definition) is 2. The summed E-state index contributed by atoms with van der Waals surface area (Å²) in [6.07, 6.45) is 0. The first kappa shape index (κ1) is 26.0. The van der Waals surface area contributed by atoms with Crippen LogP contribution in [0.4, 0.5) is 5.69 Å². The van der Waals surface area contributed by atoms with Gasteiger partial charge in [0, 0.05) is 11.3 Å². The molecule has 0 radical (unpaired) electrons. The van der Waals surface area contributed by atoms with Gasteiger partial charge in [-0.05, 0) is 86.5 Å². The minimum atomic E-state index is -0.912. The number of benzene rings is 3. The Kier molecular flexibility index (Phi) is 8.40. The van der Waals surface area contributed by atoms with E-state index in [9.17, 15) is 14.4 Å². The van der Waals surface area contributed by atoms with Gasteiger partial charge >= 0.3 is 17.8 Å². The third kappa shape index (κ3) is 6.47. The molecule has 3 aromatic rings. The van der Waals surface area contributed by atoms with E-state index < -0.39 is 17.8 Å². The van der Waals surface area contributed by atoms with E-state index in [0.717, 1.165) is 11.1 Å². The van der Waals surface area contributed by atoms with Crippen LogP contribution < -0.4 is 25.0 Å². The molecule has 36 heavy (non-hydrogen) atoms. The van der Waals surface area contributed by atoms with Gasteiger partial charge in [0.05, 0.1) is 25.5 Å². The molecule has 0 atom stereocenters. The number of nitrogens with one attached hydrogen (secondary N) is 2. The van der Waals surface area contributed by atoms with Crippen molar-refractivity contribution in [2.45, 2.75) is 20.8 Å². The van der Waals surface area contributed by atoms with Crippen molar-refractivity contribution >= 4 is 29.2 Å². The molecule has 0 bridgehead atoms. The van der Waals surface area contributed by atoms with Gasteiger partial charge in [-0.1, -0.05) is 6.07 Å². The molecule has 0 aliphatic heterocycles. The molecule has 0 unspecified atom stereocenters. The van der Waals surface area contributed by atoms with Crippen molar-refractivity contribution in [3.05, 3.63) is 82.9 Å². The number of ether oxygens (including phenoxy) is 3. The monoisotopic (exact) mass is 489 g/mol. The Bertz CT molecular complexity index is 1320. The van der Waals surface area contributed by atoms with Crippen molar-refractivity contribution in [2.24, 2.45) is 5.10 Å². The zero-order valence-electron chi connectivity index (χ0n) is 20.7. The second-order valence-corrected chi connectivity index (χ2v) is 7.87. The maximum Gasteiger partial charge on any atom is 0.343 e. The summed E-state index contributed by atoms with van der Waals surface area (Å²) in [4.78, 5) is 36.9. The highest BCUT2D eigenvalue weighted by Gasteiger charge is 2.16. The van der Waals surface area contributed by atoms with Crippen LogP contribution in [-0.4, -0.2) is 37.7 Å². The molecule has 0 aromatic heterocycles. The number of carbonyl (C=O) groups is 3. The van der Waals surface area contributed by atoms with E-state index in [1.54, 1.807) is 61.5 Å². The minimum absolute atomic E-state index is 0.215. The van der Waals surface area contributed by atoms with Crippen LogP contribution in [0.25, 0.3) is 0 Å². The van der Waals surface area contributed by atoms with Crippen molar-refractivity contribution in [3.8, 4) is 17.2 Å². The number of hydrogen-bond acceptors (Lipinski definition) is 7. The number of methoxy groups -OCH3 is 2. The van der Waals surface area contributed by atoms with Crippen molar-refractivity contribution in [2.75, 3.05) is 19.5 Å². The van der Waals surface area contributed by atoms with Crippen LogP contribution in [0, 0.1) is 13.8 Å². The van der Waals surface area contributed by atoms with Gasteiger partial charge in [-0.15, -0.1) is 0 Å². The Hall–Kier alpha value is -4.66. The average molecular weight is 490 g/mol. The van der Waals surface area contributed by atoms with E-state index in [0.29, 0.717) is 34.0 Å². The molecule has 0 saturated heterocycles. The lowest BCUT2D eigenvalue weighted by molar-refractivity contribution is -0.136. The van der Waals surface area contributed by atoms with E-state index in [4.69, 9.17) is 14.2 Å². The molecule has 9 heteroatoms. The van der Waals surface area contributed by atoms with Gasteiger partial charge < -0.3 is 19.5 Å². The summed E-state index contributed by atoms with van der Waals surface area (Å²) in [5.74, 6) is -1.18. The molecule has 0 fully saturated rings. The normalized spacial score (nSPS) is 10.9. The molecule has 186 valence electrons. The molecule has 2 amide bonds. The Labute approximate surface area is 209 Å². The fourth-order valence-electron chi connectivity index (χ4n) is 3.12. The van der Waals surface area contributed by atoms with Gasteiger partial charge in [-0.25, -0.2) is 10.2 Å². The quantitative estimate of drug-likeness (QED) is 0.170. The number of esters is 1. The summed E-state index contributed by atoms with van der Waals surface area (Å²) < 4.78 is 15.9. The number of anilines is 1. The predicted molar refractivity (Wildman–Crippen MR) is 136 cm³/mol. The van der Waals surface area contributed by atoms with Crippen LogP contribution in [0.1, 0.15) is 34.0 Å². The SMILES string of the molecule is COc1ccc(C(=O)Oc2ccc(/C(C)=N/NC(=O)C(=O)Nc3ccc(C)c(C)c3)cc2OC)cc1. The fraction of sp³-hybridized carbons (Fsp3) is 0.185. The van der Waals surface area contributed by atoms with E-state index in [1.165, 1.54) is 14.2 Å². The van der Waals surface area contributed by atoms with Crippen LogP contribution >= 0.6 is 0 Å². The largest absolute Gasteiger partial charge is 0.497 e. The third-order valence-corrected chi connectivity index (χ3v) is 5.41. The molecule has 9 nitrogen and oxygen atoms in total. The number of carbonyl (C=O) groups excluding carboxylic acids is 3. The van der Waals surface area contributed by atoms with Crippen LogP contribution in [0.2, 0.25) is 0 Å². The summed E-state index contributed by atoms with van der Waals surface area (Å²) >= 11 is 0. The third-order valence-electron chi connectivity index (χ3n) is 5.41. The molecule has 0 heterocycles. The Morgan fingerprint density at radius 1 is 0.750 bits per heavy atom. The van der Waals surface area contributed by atoms with E-state index in [2.05, 4.69) is 15.8 Å². The highest BCUT2D eigenvalue weighted by Crippen LogP contribution is 2.29. The summed E-state index contributed by atoms with van der Waals surface area (Å²) in [5.41, 5.74) is 6.18. The molecule has 0 aliphatic carbocycles. The van der Waals surface area contributed by atoms with Crippen LogP contribution in [0.15, 0.2) is 65.8 Å². The van der Waals surface area contributed by atoms with Crippen molar-refractivity contribution in [3.63, 3.8) is 0 Å². The number of amides is 2. The van der Waals surface area contributed by atoms with Crippen LogP contribution in [-0.2, 0) is 9.59 Å². The highest BCUT2D eigenvalue weighted by molar-refractivity contribution is 6.39. The minimum Gasteiger partial charge on any atom is -0.497 e. The lowest BCUT2D eigenvalue weighted by atomic mass is 10.1. The lowest BCUT2D eigenvalue weighted by Crippen LogP contribution is -2.33. The van der Waals surface area contributed by atoms with Gasteiger partial charge in [0.25, 0.3) is 0 Å². The van der Waals surface area contributed by atoms with Crippen molar-refractivity contribution in [1.82, 2.24) is 5.43 Å². The summed E-state index contributed by atoms with van der Waals surface area (Å²) in [6.45, 7) is 5.52. The zero-order valence-corrected chi connectivity index (χ0v) is 20.7. The lowest BCUT2D eigenvalue weighted by Gasteiger charge is -2.11. The molecular formula is C27H27N3O6. The molecule has 0 saturated carbocycles. The predicted octanol–water partition coefficient (Wildman–Crippen LogP) is 4.02. The van der Waals surface area contributed by atoms with Crippen molar-refractivity contribution in [1.29, 1.82) is 0 Å². The van der Waals surface area contributed by atoms with Gasteiger partial charge in [0.15, 0.2) is 11.5 Å². The van der Waals surface area contributed by atoms with E-state index >= 15 is 0 Å². The van der Waals surface area contributed by atoms with Gasteiger partial charge in [0.1, 0.15) is 5.75 Å². The maximum atomic E-state index is 12.5. The van der Waals surface area contributed by atoms with Crippen LogP contribution in [0.3, 0.4) is 0 Å².